The first kappa shape index (κ1) is 22.3. The van der Waals surface area contributed by atoms with Crippen molar-refractivity contribution in [3.05, 3.63) is 53.9 Å². The molecular weight excluding hydrogens is 408 g/mol. The molecule has 170 valence electrons. The average Bonchev–Trinajstić information content (AvgIpc) is 3.19. The minimum atomic E-state index is -0.952. The lowest BCUT2D eigenvalue weighted by Gasteiger charge is -2.36. The summed E-state index contributed by atoms with van der Waals surface area (Å²) < 4.78 is 12.6. The van der Waals surface area contributed by atoms with E-state index in [4.69, 9.17) is 14.5 Å². The van der Waals surface area contributed by atoms with Crippen molar-refractivity contribution in [1.29, 1.82) is 0 Å². The highest BCUT2D eigenvalue weighted by Crippen LogP contribution is 2.27. The van der Waals surface area contributed by atoms with E-state index in [1.54, 1.807) is 26.4 Å². The molecule has 3 aromatic rings. The van der Waals surface area contributed by atoms with E-state index in [2.05, 4.69) is 38.6 Å². The van der Waals surface area contributed by atoms with Crippen molar-refractivity contribution in [3.8, 4) is 5.69 Å². The predicted octanol–water partition coefficient (Wildman–Crippen LogP) is 2.68. The summed E-state index contributed by atoms with van der Waals surface area (Å²) in [4.78, 5) is 21.0. The van der Waals surface area contributed by atoms with E-state index in [0.717, 1.165) is 56.4 Å². The second-order valence-electron chi connectivity index (χ2n) is 7.96. The maximum absolute atomic E-state index is 11.4. The van der Waals surface area contributed by atoms with Gasteiger partial charge in [0, 0.05) is 64.7 Å². The maximum atomic E-state index is 11.4. The van der Waals surface area contributed by atoms with E-state index >= 15 is 0 Å². The van der Waals surface area contributed by atoms with Gasteiger partial charge < -0.3 is 19.5 Å². The van der Waals surface area contributed by atoms with Gasteiger partial charge in [0.05, 0.1) is 29.8 Å². The first-order chi connectivity index (χ1) is 15.6. The monoisotopic (exact) mass is 438 g/mol. The van der Waals surface area contributed by atoms with Crippen molar-refractivity contribution in [2.24, 2.45) is 0 Å². The van der Waals surface area contributed by atoms with Crippen LogP contribution in [0.2, 0.25) is 0 Å². The number of benzene rings is 2. The molecule has 4 rings (SSSR count). The normalized spacial score (nSPS) is 14.9. The fraction of sp³-hybridized carbons (Fsp3) is 0.417. The number of aromatic carboxylic acids is 1. The Bertz CT molecular complexity index is 1070. The van der Waals surface area contributed by atoms with Gasteiger partial charge in [-0.2, -0.15) is 0 Å². The molecule has 1 fully saturated rings. The van der Waals surface area contributed by atoms with Gasteiger partial charge in [-0.1, -0.05) is 6.07 Å². The molecule has 1 saturated heterocycles. The molecule has 8 nitrogen and oxygen atoms in total. The first-order valence-electron chi connectivity index (χ1n) is 10.9. The third-order valence-corrected chi connectivity index (χ3v) is 5.94. The fourth-order valence-electron chi connectivity index (χ4n) is 4.19. The lowest BCUT2D eigenvalue weighted by atomic mass is 10.2. The number of carbonyl (C=O) groups is 1. The molecule has 0 spiro atoms. The predicted molar refractivity (Wildman–Crippen MR) is 124 cm³/mol. The maximum Gasteiger partial charge on any atom is 0.335 e. The van der Waals surface area contributed by atoms with Crippen molar-refractivity contribution < 1.29 is 19.4 Å². The Hall–Kier alpha value is -2.94. The van der Waals surface area contributed by atoms with Crippen LogP contribution in [0.1, 0.15) is 16.2 Å². The molecule has 0 saturated carbocycles. The van der Waals surface area contributed by atoms with Crippen molar-refractivity contribution >= 4 is 22.7 Å². The lowest BCUT2D eigenvalue weighted by Crippen LogP contribution is -2.47. The summed E-state index contributed by atoms with van der Waals surface area (Å²) in [5.74, 6) is -0.0996. The summed E-state index contributed by atoms with van der Waals surface area (Å²) >= 11 is 0. The zero-order chi connectivity index (χ0) is 22.5. The number of piperazine rings is 1. The lowest BCUT2D eigenvalue weighted by molar-refractivity contribution is 0.0697. The van der Waals surface area contributed by atoms with E-state index in [0.29, 0.717) is 18.5 Å². The fourth-order valence-corrected chi connectivity index (χ4v) is 4.19. The number of methoxy groups -OCH3 is 2. The van der Waals surface area contributed by atoms with Gasteiger partial charge in [-0.3, -0.25) is 9.47 Å². The molecule has 0 unspecified atom stereocenters. The first-order valence-corrected chi connectivity index (χ1v) is 10.9. The van der Waals surface area contributed by atoms with Crippen molar-refractivity contribution in [1.82, 2.24) is 14.5 Å². The molecule has 32 heavy (non-hydrogen) atoms. The van der Waals surface area contributed by atoms with E-state index in [1.807, 2.05) is 6.07 Å². The Morgan fingerprint density at radius 2 is 1.75 bits per heavy atom. The van der Waals surface area contributed by atoms with Crippen LogP contribution in [0.4, 0.5) is 5.69 Å². The number of hydrogen-bond donors (Lipinski definition) is 1. The molecule has 0 atom stereocenters. The van der Waals surface area contributed by atoms with Gasteiger partial charge in [-0.05, 0) is 36.4 Å². The standard InChI is InChI=1S/C24H30N4O4/c1-31-14-8-23-25-21-16-18(24(29)30)6-7-22(21)28(23)20-5-3-4-19(17-20)27-11-9-26(10-12-27)13-15-32-2/h3-7,16-17H,8-15H2,1-2H3,(H,29,30). The van der Waals surface area contributed by atoms with Crippen LogP contribution < -0.4 is 4.90 Å². The summed E-state index contributed by atoms with van der Waals surface area (Å²) in [6.07, 6.45) is 0.635. The third kappa shape index (κ3) is 4.77. The zero-order valence-electron chi connectivity index (χ0n) is 18.7. The van der Waals surface area contributed by atoms with Gasteiger partial charge in [0.25, 0.3) is 0 Å². The van der Waals surface area contributed by atoms with E-state index in [-0.39, 0.29) is 5.56 Å². The van der Waals surface area contributed by atoms with Crippen LogP contribution in [-0.4, -0.2) is 85.7 Å². The van der Waals surface area contributed by atoms with Crippen molar-refractivity contribution in [3.63, 3.8) is 0 Å². The topological polar surface area (TPSA) is 80.1 Å². The Balaban J connectivity index is 1.64. The summed E-state index contributed by atoms with van der Waals surface area (Å²) in [5.41, 5.74) is 3.99. The molecule has 0 radical (unpaired) electrons. The van der Waals surface area contributed by atoms with Gasteiger partial charge in [-0.15, -0.1) is 0 Å². The van der Waals surface area contributed by atoms with Crippen LogP contribution in [0.5, 0.6) is 0 Å². The largest absolute Gasteiger partial charge is 0.478 e. The second-order valence-corrected chi connectivity index (χ2v) is 7.96. The third-order valence-electron chi connectivity index (χ3n) is 5.94. The number of imidazole rings is 1. The van der Waals surface area contributed by atoms with Crippen LogP contribution in [0.25, 0.3) is 16.7 Å². The van der Waals surface area contributed by atoms with Crippen LogP contribution in [0.3, 0.4) is 0 Å². The Kier molecular flexibility index (Phi) is 7.04. The van der Waals surface area contributed by atoms with Gasteiger partial charge in [0.15, 0.2) is 0 Å². The van der Waals surface area contributed by atoms with Gasteiger partial charge in [0.2, 0.25) is 0 Å². The number of nitrogens with zero attached hydrogens (tertiary/aromatic N) is 4. The zero-order valence-corrected chi connectivity index (χ0v) is 18.7. The van der Waals surface area contributed by atoms with Gasteiger partial charge >= 0.3 is 5.97 Å². The van der Waals surface area contributed by atoms with E-state index in [1.165, 1.54) is 5.69 Å². The number of aromatic nitrogens is 2. The Morgan fingerprint density at radius 3 is 2.47 bits per heavy atom. The molecule has 8 heteroatoms. The van der Waals surface area contributed by atoms with Gasteiger partial charge in [-0.25, -0.2) is 9.78 Å². The van der Waals surface area contributed by atoms with Crippen molar-refractivity contribution in [2.45, 2.75) is 6.42 Å². The number of hydrogen-bond acceptors (Lipinski definition) is 6. The van der Waals surface area contributed by atoms with Crippen LogP contribution in [-0.2, 0) is 15.9 Å². The molecule has 1 aliphatic heterocycles. The number of fused-ring (bicyclic) bond motifs is 1. The van der Waals surface area contributed by atoms with Crippen LogP contribution in [0.15, 0.2) is 42.5 Å². The average molecular weight is 439 g/mol. The number of carboxylic acid groups (broad SMARTS) is 1. The number of carboxylic acids is 1. The molecule has 0 aliphatic carbocycles. The number of rotatable bonds is 9. The SMILES string of the molecule is COCCc1nc2cc(C(=O)O)ccc2n1-c1cccc(N2CCN(CCOC)CC2)c1. The quantitative estimate of drug-likeness (QED) is 0.550. The summed E-state index contributed by atoms with van der Waals surface area (Å²) in [5, 5.41) is 9.36. The van der Waals surface area contributed by atoms with Crippen LogP contribution >= 0.6 is 0 Å². The highest BCUT2D eigenvalue weighted by atomic mass is 16.5. The number of anilines is 1. The molecule has 0 amide bonds. The number of ether oxygens (including phenoxy) is 2. The second kappa shape index (κ2) is 10.1. The minimum Gasteiger partial charge on any atom is -0.478 e. The molecule has 1 aliphatic rings. The van der Waals surface area contributed by atoms with E-state index in [9.17, 15) is 9.90 Å². The van der Waals surface area contributed by atoms with Crippen molar-refractivity contribution in [2.75, 3.05) is 65.1 Å². The van der Waals surface area contributed by atoms with Gasteiger partial charge in [0.1, 0.15) is 5.82 Å². The smallest absolute Gasteiger partial charge is 0.335 e. The minimum absolute atomic E-state index is 0.237. The molecular formula is C24H30N4O4. The van der Waals surface area contributed by atoms with Crippen LogP contribution in [0, 0.1) is 0 Å². The summed E-state index contributed by atoms with van der Waals surface area (Å²) in [7, 11) is 3.41. The molecule has 1 N–H and O–H groups in total. The van der Waals surface area contributed by atoms with E-state index < -0.39 is 5.97 Å². The Morgan fingerprint density at radius 1 is 1.00 bits per heavy atom. The Labute approximate surface area is 188 Å². The summed E-state index contributed by atoms with van der Waals surface area (Å²) in [6, 6.07) is 13.6. The highest BCUT2D eigenvalue weighted by Gasteiger charge is 2.19. The molecule has 2 heterocycles. The molecule has 0 bridgehead atoms. The summed E-state index contributed by atoms with van der Waals surface area (Å²) in [6.45, 7) is 6.23. The molecule has 1 aromatic heterocycles. The molecule has 2 aromatic carbocycles. The highest BCUT2D eigenvalue weighted by molar-refractivity contribution is 5.93.